The van der Waals surface area contributed by atoms with Gasteiger partial charge in [-0.2, -0.15) is 5.10 Å². The van der Waals surface area contributed by atoms with Crippen molar-refractivity contribution in [2.75, 3.05) is 13.1 Å². The number of nitrogens with one attached hydrogen (secondary N) is 1. The van der Waals surface area contributed by atoms with E-state index in [1.54, 1.807) is 0 Å². The molecule has 0 saturated carbocycles. The molecule has 1 aromatic rings. The van der Waals surface area contributed by atoms with Gasteiger partial charge in [-0.25, -0.2) is 4.98 Å². The molecular formula is C14H26N4. The number of aromatic nitrogens is 3. The highest BCUT2D eigenvalue weighted by atomic mass is 15.3. The largest absolute Gasteiger partial charge is 0.294 e. The molecule has 0 radical (unpaired) electrons. The van der Waals surface area contributed by atoms with Gasteiger partial charge in [-0.1, -0.05) is 26.7 Å². The van der Waals surface area contributed by atoms with Crippen LogP contribution in [-0.4, -0.2) is 33.2 Å². The maximum Gasteiger partial charge on any atom is 0.167 e. The monoisotopic (exact) mass is 250 g/mol. The predicted molar refractivity (Wildman–Crippen MR) is 73.4 cm³/mol. The average molecular weight is 250 g/mol. The second-order valence-electron chi connectivity index (χ2n) is 5.86. The molecule has 2 rings (SSSR count). The van der Waals surface area contributed by atoms with Gasteiger partial charge in [0.1, 0.15) is 5.82 Å². The Balaban J connectivity index is 1.98. The normalized spacial score (nSPS) is 20.0. The summed E-state index contributed by atoms with van der Waals surface area (Å²) in [5.74, 6) is 2.62. The molecule has 1 N–H and O–H groups in total. The van der Waals surface area contributed by atoms with E-state index in [4.69, 9.17) is 0 Å². The van der Waals surface area contributed by atoms with Crippen LogP contribution in [0.15, 0.2) is 0 Å². The van der Waals surface area contributed by atoms with E-state index in [-0.39, 0.29) is 0 Å². The lowest BCUT2D eigenvalue weighted by atomic mass is 10.1. The Labute approximate surface area is 110 Å². The molecule has 1 aliphatic heterocycles. The van der Waals surface area contributed by atoms with Crippen LogP contribution >= 0.6 is 0 Å². The minimum Gasteiger partial charge on any atom is -0.294 e. The zero-order chi connectivity index (χ0) is 13.0. The molecule has 0 aliphatic carbocycles. The summed E-state index contributed by atoms with van der Waals surface area (Å²) < 4.78 is 0. The van der Waals surface area contributed by atoms with Gasteiger partial charge < -0.3 is 0 Å². The zero-order valence-corrected chi connectivity index (χ0v) is 11.9. The van der Waals surface area contributed by atoms with Crippen molar-refractivity contribution in [2.45, 2.75) is 58.9 Å². The summed E-state index contributed by atoms with van der Waals surface area (Å²) >= 11 is 0. The predicted octanol–water partition coefficient (Wildman–Crippen LogP) is 2.94. The van der Waals surface area contributed by atoms with Crippen molar-refractivity contribution in [1.29, 1.82) is 0 Å². The third kappa shape index (κ3) is 3.55. The van der Waals surface area contributed by atoms with Crippen molar-refractivity contribution in [3.63, 3.8) is 0 Å². The van der Waals surface area contributed by atoms with E-state index < -0.39 is 0 Å². The molecule has 1 aromatic heterocycles. The molecule has 1 unspecified atom stereocenters. The molecular weight excluding hydrogens is 224 g/mol. The van der Waals surface area contributed by atoms with Crippen molar-refractivity contribution < 1.29 is 0 Å². The first-order chi connectivity index (χ1) is 8.66. The lowest BCUT2D eigenvalue weighted by Gasteiger charge is -2.25. The Morgan fingerprint density at radius 1 is 1.11 bits per heavy atom. The number of aromatic amines is 1. The summed E-state index contributed by atoms with van der Waals surface area (Å²) in [6.45, 7) is 9.03. The highest BCUT2D eigenvalue weighted by molar-refractivity contribution is 4.97. The van der Waals surface area contributed by atoms with Crippen LogP contribution < -0.4 is 0 Å². The molecule has 1 atom stereocenters. The molecule has 4 nitrogen and oxygen atoms in total. The van der Waals surface area contributed by atoms with Crippen LogP contribution in [0.5, 0.6) is 0 Å². The Morgan fingerprint density at radius 2 is 1.78 bits per heavy atom. The van der Waals surface area contributed by atoms with Crippen LogP contribution in [0.2, 0.25) is 0 Å². The summed E-state index contributed by atoms with van der Waals surface area (Å²) in [7, 11) is 0. The van der Waals surface area contributed by atoms with Crippen molar-refractivity contribution in [2.24, 2.45) is 5.92 Å². The van der Waals surface area contributed by atoms with Gasteiger partial charge in [0.15, 0.2) is 5.82 Å². The van der Waals surface area contributed by atoms with E-state index in [1.807, 2.05) is 0 Å². The number of rotatable bonds is 4. The second-order valence-corrected chi connectivity index (χ2v) is 5.86. The third-order valence-electron chi connectivity index (χ3n) is 3.71. The topological polar surface area (TPSA) is 44.8 Å². The first-order valence-electron chi connectivity index (χ1n) is 7.32. The minimum absolute atomic E-state index is 0.347. The van der Waals surface area contributed by atoms with E-state index in [0.717, 1.165) is 18.1 Å². The lowest BCUT2D eigenvalue weighted by molar-refractivity contribution is 0.211. The van der Waals surface area contributed by atoms with Crippen molar-refractivity contribution in [3.05, 3.63) is 11.6 Å². The number of hydrogen-bond donors (Lipinski definition) is 1. The summed E-state index contributed by atoms with van der Waals surface area (Å²) in [4.78, 5) is 7.17. The van der Waals surface area contributed by atoms with E-state index in [0.29, 0.717) is 12.0 Å². The van der Waals surface area contributed by atoms with Crippen LogP contribution in [0.25, 0.3) is 0 Å². The maximum absolute atomic E-state index is 4.65. The molecule has 2 heterocycles. The van der Waals surface area contributed by atoms with Crippen LogP contribution in [0, 0.1) is 5.92 Å². The Kier molecular flexibility index (Phi) is 4.75. The summed E-state index contributed by atoms with van der Waals surface area (Å²) in [5.41, 5.74) is 0. The molecule has 1 saturated heterocycles. The number of likely N-dealkylation sites (tertiary alicyclic amines) is 1. The first kappa shape index (κ1) is 13.5. The van der Waals surface area contributed by atoms with Gasteiger partial charge in [0.05, 0.1) is 6.04 Å². The fourth-order valence-electron chi connectivity index (χ4n) is 2.62. The SMILES string of the molecule is CC(C)Cc1nc(C(C)N2CCCCCC2)n[nH]1. The maximum atomic E-state index is 4.65. The van der Waals surface area contributed by atoms with Crippen LogP contribution in [-0.2, 0) is 6.42 Å². The van der Waals surface area contributed by atoms with Crippen molar-refractivity contribution in [1.82, 2.24) is 20.1 Å². The summed E-state index contributed by atoms with van der Waals surface area (Å²) in [5, 5.41) is 7.48. The fourth-order valence-corrected chi connectivity index (χ4v) is 2.62. The van der Waals surface area contributed by atoms with E-state index >= 15 is 0 Å². The number of nitrogens with zero attached hydrogens (tertiary/aromatic N) is 3. The van der Waals surface area contributed by atoms with E-state index in [1.165, 1.54) is 38.8 Å². The first-order valence-corrected chi connectivity index (χ1v) is 7.32. The lowest BCUT2D eigenvalue weighted by Crippen LogP contribution is -2.28. The summed E-state index contributed by atoms with van der Waals surface area (Å²) in [6, 6.07) is 0.347. The third-order valence-corrected chi connectivity index (χ3v) is 3.71. The van der Waals surface area contributed by atoms with E-state index in [2.05, 4.69) is 40.9 Å². The molecule has 1 fully saturated rings. The van der Waals surface area contributed by atoms with Gasteiger partial charge in [-0.15, -0.1) is 0 Å². The second kappa shape index (κ2) is 6.32. The fraction of sp³-hybridized carbons (Fsp3) is 0.857. The van der Waals surface area contributed by atoms with Crippen molar-refractivity contribution in [3.8, 4) is 0 Å². The molecule has 4 heteroatoms. The molecule has 0 bridgehead atoms. The van der Waals surface area contributed by atoms with Gasteiger partial charge in [0.25, 0.3) is 0 Å². The number of hydrogen-bond acceptors (Lipinski definition) is 3. The summed E-state index contributed by atoms with van der Waals surface area (Å²) in [6.07, 6.45) is 6.35. The molecule has 1 aliphatic rings. The smallest absolute Gasteiger partial charge is 0.167 e. The van der Waals surface area contributed by atoms with Gasteiger partial charge in [-0.05, 0) is 38.8 Å². The molecule has 102 valence electrons. The Morgan fingerprint density at radius 3 is 2.39 bits per heavy atom. The van der Waals surface area contributed by atoms with Crippen LogP contribution in [0.1, 0.15) is 64.1 Å². The van der Waals surface area contributed by atoms with Gasteiger partial charge in [0, 0.05) is 6.42 Å². The Bertz CT molecular complexity index is 350. The molecule has 18 heavy (non-hydrogen) atoms. The highest BCUT2D eigenvalue weighted by Gasteiger charge is 2.20. The minimum atomic E-state index is 0.347. The quantitative estimate of drug-likeness (QED) is 0.893. The van der Waals surface area contributed by atoms with Gasteiger partial charge in [-0.3, -0.25) is 10.00 Å². The van der Waals surface area contributed by atoms with Crippen LogP contribution in [0.3, 0.4) is 0 Å². The highest BCUT2D eigenvalue weighted by Crippen LogP contribution is 2.21. The zero-order valence-electron chi connectivity index (χ0n) is 11.9. The average Bonchev–Trinajstić information content (AvgIpc) is 2.63. The standard InChI is InChI=1S/C14H26N4/c1-11(2)10-13-15-14(17-16-13)12(3)18-8-6-4-5-7-9-18/h11-12H,4-10H2,1-3H3,(H,15,16,17). The molecule has 0 aromatic carbocycles. The number of H-pyrrole nitrogens is 1. The Hall–Kier alpha value is -0.900. The van der Waals surface area contributed by atoms with Crippen LogP contribution in [0.4, 0.5) is 0 Å². The molecule has 0 spiro atoms. The van der Waals surface area contributed by atoms with Crippen molar-refractivity contribution >= 4 is 0 Å². The van der Waals surface area contributed by atoms with Gasteiger partial charge in [0.2, 0.25) is 0 Å². The van der Waals surface area contributed by atoms with Gasteiger partial charge >= 0.3 is 0 Å². The molecule has 0 amide bonds. The van der Waals surface area contributed by atoms with E-state index in [9.17, 15) is 0 Å².